The average molecular weight is 262 g/mol. The fourth-order valence-corrected chi connectivity index (χ4v) is 2.95. The van der Waals surface area contributed by atoms with E-state index in [2.05, 4.69) is 18.7 Å². The van der Waals surface area contributed by atoms with Crippen LogP contribution in [0, 0.1) is 5.92 Å². The molecule has 0 saturated carbocycles. The van der Waals surface area contributed by atoms with Crippen molar-refractivity contribution in [2.24, 2.45) is 5.92 Å². The number of ether oxygens (including phenoxy) is 1. The van der Waals surface area contributed by atoms with Gasteiger partial charge in [-0.3, -0.25) is 0 Å². The second-order valence-electron chi connectivity index (χ2n) is 5.73. The lowest BCUT2D eigenvalue weighted by molar-refractivity contribution is 0.188. The molecule has 0 spiro atoms. The van der Waals surface area contributed by atoms with Crippen LogP contribution in [0.3, 0.4) is 0 Å². The van der Waals surface area contributed by atoms with Crippen LogP contribution in [0.25, 0.3) is 0 Å². The third kappa shape index (κ3) is 3.87. The monoisotopic (exact) mass is 262 g/mol. The van der Waals surface area contributed by atoms with Gasteiger partial charge < -0.3 is 15.4 Å². The molecule has 3 heteroatoms. The molecule has 2 rings (SSSR count). The Bertz CT molecular complexity index is 392. The number of nitrogen functional groups attached to an aromatic ring is 1. The maximum atomic E-state index is 5.85. The Morgan fingerprint density at radius 1 is 1.37 bits per heavy atom. The molecule has 0 aromatic heterocycles. The van der Waals surface area contributed by atoms with Gasteiger partial charge in [0.2, 0.25) is 0 Å². The second kappa shape index (κ2) is 6.80. The van der Waals surface area contributed by atoms with Crippen LogP contribution in [0.4, 0.5) is 5.69 Å². The first-order valence-electron chi connectivity index (χ1n) is 7.40. The SMILES string of the molecule is CC(C)C1CCCN1CCCOc1ccccc1N. The van der Waals surface area contributed by atoms with Gasteiger partial charge in [0, 0.05) is 12.6 Å². The second-order valence-corrected chi connectivity index (χ2v) is 5.73. The van der Waals surface area contributed by atoms with E-state index in [4.69, 9.17) is 10.5 Å². The summed E-state index contributed by atoms with van der Waals surface area (Å²) in [4.78, 5) is 2.61. The topological polar surface area (TPSA) is 38.5 Å². The lowest BCUT2D eigenvalue weighted by atomic mass is 10.0. The van der Waals surface area contributed by atoms with Crippen molar-refractivity contribution in [3.05, 3.63) is 24.3 Å². The van der Waals surface area contributed by atoms with Crippen LogP contribution in [0.15, 0.2) is 24.3 Å². The molecule has 2 N–H and O–H groups in total. The molecule has 1 heterocycles. The van der Waals surface area contributed by atoms with Gasteiger partial charge in [-0.05, 0) is 43.9 Å². The highest BCUT2D eigenvalue weighted by Crippen LogP contribution is 2.24. The van der Waals surface area contributed by atoms with Gasteiger partial charge in [0.25, 0.3) is 0 Å². The van der Waals surface area contributed by atoms with E-state index in [0.29, 0.717) is 0 Å². The van der Waals surface area contributed by atoms with Gasteiger partial charge in [0.15, 0.2) is 0 Å². The molecule has 0 aliphatic carbocycles. The Morgan fingerprint density at radius 3 is 2.89 bits per heavy atom. The van der Waals surface area contributed by atoms with Gasteiger partial charge in [-0.25, -0.2) is 0 Å². The highest BCUT2D eigenvalue weighted by Gasteiger charge is 2.26. The van der Waals surface area contributed by atoms with Gasteiger partial charge in [-0.2, -0.15) is 0 Å². The number of para-hydroxylation sites is 2. The zero-order valence-electron chi connectivity index (χ0n) is 12.1. The summed E-state index contributed by atoms with van der Waals surface area (Å²) in [6.07, 6.45) is 3.76. The van der Waals surface area contributed by atoms with Gasteiger partial charge in [0.1, 0.15) is 5.75 Å². The van der Waals surface area contributed by atoms with E-state index in [1.807, 2.05) is 24.3 Å². The van der Waals surface area contributed by atoms with Gasteiger partial charge in [-0.15, -0.1) is 0 Å². The minimum atomic E-state index is 0.726. The summed E-state index contributed by atoms with van der Waals surface area (Å²) in [5.74, 6) is 1.57. The molecule has 1 fully saturated rings. The molecule has 1 aliphatic rings. The van der Waals surface area contributed by atoms with Gasteiger partial charge >= 0.3 is 0 Å². The van der Waals surface area contributed by atoms with Crippen LogP contribution in [-0.2, 0) is 0 Å². The predicted octanol–water partition coefficient (Wildman–Crippen LogP) is 3.16. The predicted molar refractivity (Wildman–Crippen MR) is 80.4 cm³/mol. The molecule has 1 aromatic carbocycles. The van der Waals surface area contributed by atoms with E-state index in [1.165, 1.54) is 19.4 Å². The maximum Gasteiger partial charge on any atom is 0.142 e. The minimum Gasteiger partial charge on any atom is -0.491 e. The third-order valence-corrected chi connectivity index (χ3v) is 3.95. The summed E-state index contributed by atoms with van der Waals surface area (Å²) in [5.41, 5.74) is 6.58. The molecule has 19 heavy (non-hydrogen) atoms. The number of hydrogen-bond donors (Lipinski definition) is 1. The number of likely N-dealkylation sites (tertiary alicyclic amines) is 1. The van der Waals surface area contributed by atoms with Gasteiger partial charge in [-0.1, -0.05) is 26.0 Å². The summed E-state index contributed by atoms with van der Waals surface area (Å²) in [6.45, 7) is 7.77. The van der Waals surface area contributed by atoms with E-state index in [1.54, 1.807) is 0 Å². The zero-order chi connectivity index (χ0) is 13.7. The minimum absolute atomic E-state index is 0.726. The summed E-state index contributed by atoms with van der Waals surface area (Å²) < 4.78 is 5.74. The summed E-state index contributed by atoms with van der Waals surface area (Å²) in [7, 11) is 0. The van der Waals surface area contributed by atoms with E-state index in [-0.39, 0.29) is 0 Å². The molecule has 1 aromatic rings. The molecule has 106 valence electrons. The summed E-state index contributed by atoms with van der Waals surface area (Å²) >= 11 is 0. The maximum absolute atomic E-state index is 5.85. The van der Waals surface area contributed by atoms with Gasteiger partial charge in [0.05, 0.1) is 12.3 Å². The fraction of sp³-hybridized carbons (Fsp3) is 0.625. The average Bonchev–Trinajstić information content (AvgIpc) is 2.85. The van der Waals surface area contributed by atoms with E-state index < -0.39 is 0 Å². The first-order valence-corrected chi connectivity index (χ1v) is 7.40. The first kappa shape index (κ1) is 14.2. The quantitative estimate of drug-likeness (QED) is 0.632. The van der Waals surface area contributed by atoms with E-state index >= 15 is 0 Å². The molecular weight excluding hydrogens is 236 g/mol. The summed E-state index contributed by atoms with van der Waals surface area (Å²) in [5, 5.41) is 0. The zero-order valence-corrected chi connectivity index (χ0v) is 12.1. The van der Waals surface area contributed by atoms with Crippen LogP contribution in [-0.4, -0.2) is 30.6 Å². The molecule has 1 saturated heterocycles. The Kier molecular flexibility index (Phi) is 5.08. The molecule has 3 nitrogen and oxygen atoms in total. The standard InChI is InChI=1S/C16H26N2O/c1-13(2)15-8-5-10-18(15)11-6-12-19-16-9-4-3-7-14(16)17/h3-4,7,9,13,15H,5-6,8,10-12,17H2,1-2H3. The van der Waals surface area contributed by atoms with Crippen molar-refractivity contribution in [2.75, 3.05) is 25.4 Å². The molecule has 1 aliphatic heterocycles. The number of anilines is 1. The largest absolute Gasteiger partial charge is 0.491 e. The molecule has 1 atom stereocenters. The first-order chi connectivity index (χ1) is 9.18. The Morgan fingerprint density at radius 2 is 2.16 bits per heavy atom. The Balaban J connectivity index is 1.71. The van der Waals surface area contributed by atoms with Crippen molar-refractivity contribution in [3.63, 3.8) is 0 Å². The number of benzene rings is 1. The molecule has 0 amide bonds. The fourth-order valence-electron chi connectivity index (χ4n) is 2.95. The molecule has 0 bridgehead atoms. The van der Waals surface area contributed by atoms with Crippen LogP contribution in [0.2, 0.25) is 0 Å². The van der Waals surface area contributed by atoms with Crippen molar-refractivity contribution in [2.45, 2.75) is 39.2 Å². The van der Waals surface area contributed by atoms with Crippen molar-refractivity contribution in [1.82, 2.24) is 4.90 Å². The van der Waals surface area contributed by atoms with E-state index in [9.17, 15) is 0 Å². The highest BCUT2D eigenvalue weighted by atomic mass is 16.5. The van der Waals surface area contributed by atoms with Crippen molar-refractivity contribution in [1.29, 1.82) is 0 Å². The number of hydrogen-bond acceptors (Lipinski definition) is 3. The van der Waals surface area contributed by atoms with E-state index in [0.717, 1.165) is 43.0 Å². The number of nitrogens with zero attached hydrogens (tertiary/aromatic N) is 1. The molecular formula is C16H26N2O. The van der Waals surface area contributed by atoms with Crippen LogP contribution in [0.1, 0.15) is 33.1 Å². The lowest BCUT2D eigenvalue weighted by Crippen LogP contribution is -2.34. The van der Waals surface area contributed by atoms with Crippen molar-refractivity contribution in [3.8, 4) is 5.75 Å². The molecule has 1 unspecified atom stereocenters. The number of rotatable bonds is 6. The highest BCUT2D eigenvalue weighted by molar-refractivity contribution is 5.51. The lowest BCUT2D eigenvalue weighted by Gasteiger charge is -2.27. The summed E-state index contributed by atoms with van der Waals surface area (Å²) in [6, 6.07) is 8.47. The van der Waals surface area contributed by atoms with Crippen LogP contribution >= 0.6 is 0 Å². The Hall–Kier alpha value is -1.22. The number of nitrogens with two attached hydrogens (primary N) is 1. The smallest absolute Gasteiger partial charge is 0.142 e. The van der Waals surface area contributed by atoms with Crippen molar-refractivity contribution < 1.29 is 4.74 Å². The normalized spacial score (nSPS) is 20.1. The van der Waals surface area contributed by atoms with Crippen LogP contribution in [0.5, 0.6) is 5.75 Å². The van der Waals surface area contributed by atoms with Crippen molar-refractivity contribution >= 4 is 5.69 Å². The Labute approximate surface area is 116 Å². The molecule has 0 radical (unpaired) electrons. The third-order valence-electron chi connectivity index (χ3n) is 3.95. The van der Waals surface area contributed by atoms with Crippen LogP contribution < -0.4 is 10.5 Å².